The summed E-state index contributed by atoms with van der Waals surface area (Å²) in [6, 6.07) is 0. The van der Waals surface area contributed by atoms with Gasteiger partial charge in [0.1, 0.15) is 12.0 Å². The third kappa shape index (κ3) is 106. The van der Waals surface area contributed by atoms with Crippen molar-refractivity contribution in [3.8, 4) is 0 Å². The molecular formula is C87H193N8+. The van der Waals surface area contributed by atoms with Crippen LogP contribution in [-0.2, 0) is 13.5 Å². The molecule has 0 saturated carbocycles. The molecule has 0 aromatic carbocycles. The van der Waals surface area contributed by atoms with Gasteiger partial charge in [0.05, 0.1) is 6.54 Å². The summed E-state index contributed by atoms with van der Waals surface area (Å²) in [7, 11) is 6.26. The van der Waals surface area contributed by atoms with Crippen LogP contribution in [0.1, 0.15) is 376 Å². The van der Waals surface area contributed by atoms with Crippen LogP contribution in [0.3, 0.4) is 0 Å². The van der Waals surface area contributed by atoms with Crippen molar-refractivity contribution in [2.75, 3.05) is 92.6 Å². The fourth-order valence-corrected chi connectivity index (χ4v) is 10.4. The Labute approximate surface area is 607 Å². The first kappa shape index (κ1) is 112. The normalized spacial score (nSPS) is 14.4. The minimum Gasteiger partial charge on any atom is -0.338 e. The highest BCUT2D eigenvalue weighted by Gasteiger charge is 2.12. The number of imidazole rings is 1. The molecule has 8 heteroatoms. The second kappa shape index (κ2) is 83.1. The molecule has 0 aliphatic carbocycles. The third-order valence-corrected chi connectivity index (χ3v) is 16.3. The van der Waals surface area contributed by atoms with Crippen molar-refractivity contribution in [1.29, 1.82) is 0 Å². The van der Waals surface area contributed by atoms with Gasteiger partial charge < -0.3 is 24.2 Å². The van der Waals surface area contributed by atoms with Crippen molar-refractivity contribution in [2.45, 2.75) is 376 Å². The summed E-state index contributed by atoms with van der Waals surface area (Å²) in [5.41, 5.74) is 0. The van der Waals surface area contributed by atoms with Crippen LogP contribution < -0.4 is 0 Å². The first-order valence-electron chi connectivity index (χ1n) is 40.2. The topological polar surface area (TPSA) is 46.1 Å². The van der Waals surface area contributed by atoms with Crippen LogP contribution in [0.25, 0.3) is 0 Å². The van der Waals surface area contributed by atoms with Crippen LogP contribution in [-0.4, -0.2) is 139 Å². The quantitative estimate of drug-likeness (QED) is 0.0783. The summed E-state index contributed by atoms with van der Waals surface area (Å²) in [5, 5.41) is 0. The highest BCUT2D eigenvalue weighted by atomic mass is 15.1. The number of likely N-dealkylation sites (tertiary alicyclic amines) is 3. The van der Waals surface area contributed by atoms with Gasteiger partial charge in [-0.15, -0.1) is 0 Å². The molecule has 1 aromatic rings. The summed E-state index contributed by atoms with van der Waals surface area (Å²) < 4.78 is 4.24. The number of hydrogen-bond acceptors (Lipinski definition) is 6. The molecule has 3 fully saturated rings. The summed E-state index contributed by atoms with van der Waals surface area (Å²) >= 11 is 0. The average molecular weight is 1350 g/mol. The second-order valence-corrected chi connectivity index (χ2v) is 32.6. The van der Waals surface area contributed by atoms with Crippen molar-refractivity contribution >= 4 is 12.6 Å². The lowest BCUT2D eigenvalue weighted by Gasteiger charge is -2.26. The van der Waals surface area contributed by atoms with Gasteiger partial charge in [-0.1, -0.05) is 298 Å². The van der Waals surface area contributed by atoms with E-state index in [1.54, 1.807) is 0 Å². The number of rotatable bonds is 28. The molecule has 0 atom stereocenters. The summed E-state index contributed by atoms with van der Waals surface area (Å²) in [4.78, 5) is 18.4. The number of aromatic nitrogens is 2. The molecule has 4 aliphatic rings. The standard InChI is InChI=1S/C11H23N.2C10H21N.C8H14N2.C8H15N2.C7H17N.5C6H14.3CH4/c1-11(2)7-6-10-12-8-4-3-5-9-12;2*1-10(2)6-9-11-7-4-3-5-8-11;1-7(2)6-8-9-4-5-10(8)3;1-8(2)3-5-10-6-4-9-7-10;1-7(2)5-6-8(3)4;5*1-4-5-6(2)3;;;/h11H,3-10H2,1-2H3;2*10H,3-9H2,1-2H3;4-5,7H,6H2,1-3H3;6-8H,3-5H2,1-2H3;7H,5-6H2,1-4H3;5*6H,4-5H2,1-3H3;3*1H4/q;;;;+1;;;;;;;;;. The lowest BCUT2D eigenvalue weighted by atomic mass is 10.1. The van der Waals surface area contributed by atoms with Gasteiger partial charge in [0.15, 0.2) is 6.54 Å². The molecule has 0 spiro atoms. The van der Waals surface area contributed by atoms with E-state index in [9.17, 15) is 0 Å². The predicted octanol–water partition coefficient (Wildman–Crippen LogP) is 26.4. The Bertz CT molecular complexity index is 1460. The monoisotopic (exact) mass is 1350 g/mol. The van der Waals surface area contributed by atoms with Gasteiger partial charge in [-0.3, -0.25) is 0 Å². The molecule has 4 aliphatic heterocycles. The van der Waals surface area contributed by atoms with Crippen molar-refractivity contribution < 1.29 is 4.58 Å². The predicted molar refractivity (Wildman–Crippen MR) is 447 cm³/mol. The molecule has 5 heterocycles. The van der Waals surface area contributed by atoms with Crippen LogP contribution in [0.15, 0.2) is 17.4 Å². The smallest absolute Gasteiger partial charge is 0.280 e. The summed E-state index contributed by atoms with van der Waals surface area (Å²) in [5.74, 6) is 10.6. The van der Waals surface area contributed by atoms with E-state index in [4.69, 9.17) is 0 Å². The maximum atomic E-state index is 4.22. The van der Waals surface area contributed by atoms with Crippen LogP contribution in [0, 0.1) is 65.1 Å². The fraction of sp³-hybridized carbons (Fsp3) is 0.943. The Kier molecular flexibility index (Phi) is 97.9. The first-order chi connectivity index (χ1) is 43.3. The summed E-state index contributed by atoms with van der Waals surface area (Å²) in [6.07, 6.45) is 43.5. The molecule has 95 heavy (non-hydrogen) atoms. The van der Waals surface area contributed by atoms with E-state index in [-0.39, 0.29) is 22.3 Å². The van der Waals surface area contributed by atoms with Crippen LogP contribution in [0.2, 0.25) is 0 Å². The van der Waals surface area contributed by atoms with Gasteiger partial charge in [-0.25, -0.2) is 9.56 Å². The zero-order chi connectivity index (χ0) is 71.5. The van der Waals surface area contributed by atoms with E-state index < -0.39 is 0 Å². The molecule has 0 N–H and O–H groups in total. The van der Waals surface area contributed by atoms with Crippen LogP contribution in [0.5, 0.6) is 0 Å². The minimum absolute atomic E-state index is 0. The molecule has 0 amide bonds. The molecule has 8 nitrogen and oxygen atoms in total. The van der Waals surface area contributed by atoms with Gasteiger partial charge in [0, 0.05) is 25.9 Å². The molecule has 0 radical (unpaired) electrons. The van der Waals surface area contributed by atoms with Gasteiger partial charge in [0.2, 0.25) is 0 Å². The zero-order valence-electron chi connectivity index (χ0n) is 69.6. The van der Waals surface area contributed by atoms with Crippen molar-refractivity contribution in [1.82, 2.24) is 29.2 Å². The average Bonchev–Trinajstić information content (AvgIpc) is 1.91. The van der Waals surface area contributed by atoms with Crippen molar-refractivity contribution in [3.05, 3.63) is 18.2 Å². The maximum Gasteiger partial charge on any atom is 0.280 e. The largest absolute Gasteiger partial charge is 0.338 e. The number of hydrogen-bond donors (Lipinski definition) is 0. The Morgan fingerprint density at radius 1 is 0.389 bits per heavy atom. The number of aryl methyl sites for hydroxylation is 1. The zero-order valence-corrected chi connectivity index (χ0v) is 69.6. The molecule has 580 valence electrons. The first-order valence-corrected chi connectivity index (χ1v) is 40.2. The lowest BCUT2D eigenvalue weighted by molar-refractivity contribution is -0.392. The molecule has 1 aromatic heterocycles. The van der Waals surface area contributed by atoms with Crippen molar-refractivity contribution in [2.24, 2.45) is 77.1 Å². The van der Waals surface area contributed by atoms with E-state index in [1.165, 1.54) is 232 Å². The molecular weight excluding hydrogens is 1160 g/mol. The maximum absolute atomic E-state index is 4.22. The van der Waals surface area contributed by atoms with Crippen molar-refractivity contribution in [3.63, 3.8) is 0 Å². The minimum atomic E-state index is 0. The molecule has 0 unspecified atom stereocenters. The fourth-order valence-electron chi connectivity index (χ4n) is 10.4. The van der Waals surface area contributed by atoms with Gasteiger partial charge >= 0.3 is 0 Å². The molecule has 3 saturated heterocycles. The van der Waals surface area contributed by atoms with Gasteiger partial charge in [0.25, 0.3) is 6.34 Å². The van der Waals surface area contributed by atoms with E-state index in [0.717, 1.165) is 78.7 Å². The highest BCUT2D eigenvalue weighted by molar-refractivity contribution is 5.67. The van der Waals surface area contributed by atoms with Gasteiger partial charge in [-0.2, -0.15) is 0 Å². The molecule has 5 rings (SSSR count). The lowest BCUT2D eigenvalue weighted by Crippen LogP contribution is -2.31. The third-order valence-electron chi connectivity index (χ3n) is 16.3. The van der Waals surface area contributed by atoms with Crippen LogP contribution >= 0.6 is 0 Å². The number of piperidine rings is 3. The van der Waals surface area contributed by atoms with E-state index in [2.05, 4.69) is 246 Å². The number of aliphatic imine (C=N–C) groups is 1. The Morgan fingerprint density at radius 3 is 0.905 bits per heavy atom. The Hall–Kier alpha value is -1.61. The Morgan fingerprint density at radius 2 is 0.695 bits per heavy atom. The highest BCUT2D eigenvalue weighted by Crippen LogP contribution is 2.14. The van der Waals surface area contributed by atoms with E-state index >= 15 is 0 Å². The second-order valence-electron chi connectivity index (χ2n) is 32.6. The van der Waals surface area contributed by atoms with Gasteiger partial charge in [-0.05, 0) is 222 Å². The Balaban J connectivity index is -0.000000123. The van der Waals surface area contributed by atoms with Crippen LogP contribution in [0.4, 0.5) is 0 Å². The summed E-state index contributed by atoms with van der Waals surface area (Å²) in [6.45, 7) is 76.3. The number of nitrogens with zero attached hydrogens (tertiary/aromatic N) is 8. The van der Waals surface area contributed by atoms with E-state index in [0.29, 0.717) is 5.92 Å². The molecule has 0 bridgehead atoms. The van der Waals surface area contributed by atoms with E-state index in [1.807, 2.05) is 25.8 Å². The SMILES string of the molecule is C.C.C.CC(C)CCCN1CCCCC1.CC(C)CCN(C)C.CC(C)CCN1CCCCC1.CC(C)CCN1CCCCC1.CC(C)CC[N+]1=CCN=C1.CC(C)Cc1nccn1C.CCCC(C)C.CCCC(C)C.CCCC(C)C.CCCC(C)C.CCCC(C)C.